The molecular formula is C33H32F3N3O5S2. The lowest BCUT2D eigenvalue weighted by Crippen LogP contribution is -2.48. The molecule has 2 fully saturated rings. The molecule has 0 spiro atoms. The molecule has 6 rings (SSSR count). The molecule has 3 heterocycles. The van der Waals surface area contributed by atoms with E-state index in [4.69, 9.17) is 14.5 Å². The number of para-hydroxylation sites is 1. The van der Waals surface area contributed by atoms with Crippen LogP contribution in [0.4, 0.5) is 18.9 Å². The summed E-state index contributed by atoms with van der Waals surface area (Å²) in [6.45, 7) is 1.86. The lowest BCUT2D eigenvalue weighted by molar-refractivity contribution is -0.268. The summed E-state index contributed by atoms with van der Waals surface area (Å²) in [5.74, 6) is -2.14. The Morgan fingerprint density at radius 1 is 1.07 bits per heavy atom. The fraction of sp³-hybridized carbons (Fsp3) is 0.364. The zero-order chi connectivity index (χ0) is 32.4. The summed E-state index contributed by atoms with van der Waals surface area (Å²) in [5, 5.41) is 12.2. The van der Waals surface area contributed by atoms with Gasteiger partial charge in [-0.05, 0) is 48.2 Å². The van der Waals surface area contributed by atoms with E-state index in [-0.39, 0.29) is 37.7 Å². The van der Waals surface area contributed by atoms with Crippen LogP contribution >= 0.6 is 23.1 Å². The normalized spacial score (nSPS) is 23.5. The Hall–Kier alpha value is -3.49. The van der Waals surface area contributed by atoms with E-state index >= 15 is 0 Å². The third-order valence-corrected chi connectivity index (χ3v) is 10.5. The summed E-state index contributed by atoms with van der Waals surface area (Å²) in [6.07, 6.45) is -6.02. The van der Waals surface area contributed by atoms with Gasteiger partial charge in [-0.15, -0.1) is 11.3 Å². The number of halogens is 3. The maximum atomic E-state index is 13.1. The number of benzene rings is 3. The van der Waals surface area contributed by atoms with E-state index in [1.54, 1.807) is 47.4 Å². The van der Waals surface area contributed by atoms with Gasteiger partial charge in [0.1, 0.15) is 6.04 Å². The highest BCUT2D eigenvalue weighted by atomic mass is 32.2. The molecule has 46 heavy (non-hydrogen) atoms. The van der Waals surface area contributed by atoms with Crippen LogP contribution < -0.4 is 5.32 Å². The smallest absolute Gasteiger partial charge is 0.392 e. The minimum Gasteiger partial charge on any atom is -0.392 e. The summed E-state index contributed by atoms with van der Waals surface area (Å²) in [6, 6.07) is 21.1. The van der Waals surface area contributed by atoms with Gasteiger partial charge in [-0.25, -0.2) is 4.98 Å². The minimum atomic E-state index is -5.05. The van der Waals surface area contributed by atoms with Crippen molar-refractivity contribution in [3.63, 3.8) is 0 Å². The van der Waals surface area contributed by atoms with Crippen molar-refractivity contribution in [3.05, 3.63) is 89.5 Å². The lowest BCUT2D eigenvalue weighted by atomic mass is 9.91. The largest absolute Gasteiger partial charge is 0.471 e. The number of aromatic nitrogens is 1. The number of hydrogen-bond donors (Lipinski definition) is 2. The molecule has 2 N–H and O–H groups in total. The molecule has 2 aliphatic rings. The first-order valence-corrected chi connectivity index (χ1v) is 16.7. The number of nitrogens with zero attached hydrogens (tertiary/aromatic N) is 2. The number of carbonyl (C=O) groups is 2. The number of rotatable bonds is 8. The Morgan fingerprint density at radius 2 is 1.85 bits per heavy atom. The molecule has 2 saturated heterocycles. The average Bonchev–Trinajstić information content (AvgIpc) is 3.71. The van der Waals surface area contributed by atoms with E-state index in [1.807, 2.05) is 48.5 Å². The van der Waals surface area contributed by atoms with Gasteiger partial charge in [0, 0.05) is 29.5 Å². The third kappa shape index (κ3) is 7.08. The molecule has 1 aromatic heterocycles. The van der Waals surface area contributed by atoms with Crippen LogP contribution in [0.1, 0.15) is 48.8 Å². The van der Waals surface area contributed by atoms with Crippen LogP contribution in [0.25, 0.3) is 10.2 Å². The van der Waals surface area contributed by atoms with E-state index in [0.717, 1.165) is 25.7 Å². The number of likely N-dealkylation sites (tertiary alicyclic amines) is 1. The zero-order valence-corrected chi connectivity index (χ0v) is 26.4. The highest BCUT2D eigenvalue weighted by Gasteiger charge is 2.47. The van der Waals surface area contributed by atoms with Crippen molar-refractivity contribution in [2.75, 3.05) is 17.6 Å². The van der Waals surface area contributed by atoms with Crippen molar-refractivity contribution in [3.8, 4) is 0 Å². The molecule has 8 nitrogen and oxygen atoms in total. The third-order valence-electron chi connectivity index (χ3n) is 8.25. The number of ether oxygens (including phenoxy) is 2. The summed E-state index contributed by atoms with van der Waals surface area (Å²) in [4.78, 5) is 30.3. The van der Waals surface area contributed by atoms with Crippen LogP contribution in [-0.2, 0) is 25.7 Å². The monoisotopic (exact) mass is 671 g/mol. The number of aliphatic hydroxyl groups excluding tert-OH is 1. The lowest BCUT2D eigenvalue weighted by Gasteiger charge is -2.41. The molecule has 2 aliphatic heterocycles. The second-order valence-electron chi connectivity index (χ2n) is 11.3. The minimum absolute atomic E-state index is 0.0551. The molecule has 0 unspecified atom stereocenters. The number of thioether (sulfide) groups is 1. The van der Waals surface area contributed by atoms with Gasteiger partial charge in [-0.2, -0.15) is 13.2 Å². The SMILES string of the molecule is C[C@@H]1[C@H](CSc2nc3ccccc3s2)O[C@H](c2cccc(NC(=O)[C@@H]3CCCN3C(=O)C(F)(F)F)c2)O[C@@H]1c1ccc(CO)cc1. The number of anilines is 1. The maximum absolute atomic E-state index is 13.1. The Morgan fingerprint density at radius 3 is 2.59 bits per heavy atom. The van der Waals surface area contributed by atoms with Gasteiger partial charge in [0.05, 0.1) is 29.0 Å². The highest BCUT2D eigenvalue weighted by Crippen LogP contribution is 2.44. The Labute approximate surface area is 271 Å². The van der Waals surface area contributed by atoms with Crippen LogP contribution in [0.15, 0.2) is 77.1 Å². The molecule has 2 amide bonds. The quantitative estimate of drug-likeness (QED) is 0.197. The molecule has 13 heteroatoms. The number of nitrogens with one attached hydrogen (secondary N) is 1. The Kier molecular flexibility index (Phi) is 9.67. The second-order valence-corrected chi connectivity index (χ2v) is 13.6. The van der Waals surface area contributed by atoms with Crippen molar-refractivity contribution < 1.29 is 37.3 Å². The topological polar surface area (TPSA) is 101 Å². The summed E-state index contributed by atoms with van der Waals surface area (Å²) < 4.78 is 54.4. The van der Waals surface area contributed by atoms with E-state index in [1.165, 1.54) is 0 Å². The van der Waals surface area contributed by atoms with Crippen molar-refractivity contribution in [1.29, 1.82) is 0 Å². The fourth-order valence-corrected chi connectivity index (χ4v) is 8.07. The first-order chi connectivity index (χ1) is 22.1. The van der Waals surface area contributed by atoms with Crippen molar-refractivity contribution >= 4 is 50.8 Å². The van der Waals surface area contributed by atoms with Crippen LogP contribution in [0.3, 0.4) is 0 Å². The molecule has 0 radical (unpaired) electrons. The first-order valence-electron chi connectivity index (χ1n) is 14.9. The van der Waals surface area contributed by atoms with Gasteiger partial charge >= 0.3 is 12.1 Å². The van der Waals surface area contributed by atoms with E-state index in [9.17, 15) is 27.9 Å². The van der Waals surface area contributed by atoms with Crippen LogP contribution in [0, 0.1) is 5.92 Å². The predicted octanol–water partition coefficient (Wildman–Crippen LogP) is 6.86. The number of carbonyl (C=O) groups excluding carboxylic acids is 2. The molecule has 0 bridgehead atoms. The van der Waals surface area contributed by atoms with E-state index in [2.05, 4.69) is 12.2 Å². The molecule has 0 saturated carbocycles. The molecule has 5 atom stereocenters. The van der Waals surface area contributed by atoms with Crippen LogP contribution in [0.5, 0.6) is 0 Å². The second kappa shape index (κ2) is 13.7. The molecule has 3 aromatic carbocycles. The number of hydrogen-bond acceptors (Lipinski definition) is 8. The predicted molar refractivity (Wildman–Crippen MR) is 169 cm³/mol. The fourth-order valence-electron chi connectivity index (χ4n) is 5.81. The highest BCUT2D eigenvalue weighted by molar-refractivity contribution is 8.01. The maximum Gasteiger partial charge on any atom is 0.471 e. The van der Waals surface area contributed by atoms with Crippen LogP contribution in [-0.4, -0.2) is 57.4 Å². The van der Waals surface area contributed by atoms with Gasteiger partial charge in [-0.3, -0.25) is 9.59 Å². The van der Waals surface area contributed by atoms with Crippen molar-refractivity contribution in [2.45, 2.75) is 61.4 Å². The van der Waals surface area contributed by atoms with Gasteiger partial charge in [0.25, 0.3) is 0 Å². The Balaban J connectivity index is 1.21. The summed E-state index contributed by atoms with van der Waals surface area (Å²) in [7, 11) is 0. The standard InChI is InChI=1S/C33H32F3N3O5S2/c1-19-26(18-45-32-38-24-8-2-3-10-27(24)46-32)43-30(44-28(19)21-13-11-20(17-40)12-14-21)22-6-4-7-23(16-22)37-29(41)25-9-5-15-39(25)31(42)33(34,35)36/h2-4,6-8,10-14,16,19,25-26,28,30,40H,5,9,15,17-18H2,1H3,(H,37,41)/t19-,25+,26+,28+,30+/m1/s1. The van der Waals surface area contributed by atoms with Gasteiger partial charge in [0.15, 0.2) is 10.6 Å². The summed E-state index contributed by atoms with van der Waals surface area (Å²) in [5.41, 5.74) is 3.62. The molecule has 0 aliphatic carbocycles. The molecule has 242 valence electrons. The van der Waals surface area contributed by atoms with Gasteiger partial charge < -0.3 is 24.8 Å². The van der Waals surface area contributed by atoms with Crippen LogP contribution in [0.2, 0.25) is 0 Å². The number of amides is 2. The molecular weight excluding hydrogens is 640 g/mol. The number of thiazole rings is 1. The van der Waals surface area contributed by atoms with Crippen molar-refractivity contribution in [2.24, 2.45) is 5.92 Å². The number of alkyl halides is 3. The van der Waals surface area contributed by atoms with Crippen molar-refractivity contribution in [1.82, 2.24) is 9.88 Å². The van der Waals surface area contributed by atoms with E-state index in [0.29, 0.717) is 28.3 Å². The summed E-state index contributed by atoms with van der Waals surface area (Å²) >= 11 is 3.23. The Bertz CT molecular complexity index is 1670. The zero-order valence-electron chi connectivity index (χ0n) is 24.8. The number of aliphatic hydroxyl groups is 1. The van der Waals surface area contributed by atoms with Gasteiger partial charge in [0.2, 0.25) is 5.91 Å². The first kappa shape index (κ1) is 32.5. The molecule has 4 aromatic rings. The number of fused-ring (bicyclic) bond motifs is 1. The van der Waals surface area contributed by atoms with E-state index < -0.39 is 30.3 Å². The van der Waals surface area contributed by atoms with Gasteiger partial charge in [-0.1, -0.05) is 67.2 Å². The average molecular weight is 672 g/mol.